The van der Waals surface area contributed by atoms with Gasteiger partial charge in [-0.1, -0.05) is 10.7 Å². The minimum Gasteiger partial charge on any atom is -0.444 e. The minimum absolute atomic E-state index is 0.191. The van der Waals surface area contributed by atoms with E-state index in [1.165, 1.54) is 5.57 Å². The lowest BCUT2D eigenvalue weighted by molar-refractivity contribution is 0.00448. The zero-order chi connectivity index (χ0) is 23.4. The van der Waals surface area contributed by atoms with E-state index in [9.17, 15) is 4.79 Å². The Balaban J connectivity index is 1.32. The summed E-state index contributed by atoms with van der Waals surface area (Å²) in [5.74, 6) is 1.48. The number of carbonyl (C=O) groups excluding carboxylic acids is 1. The highest BCUT2D eigenvalue weighted by Crippen LogP contribution is 2.54. The lowest BCUT2D eigenvalue weighted by Gasteiger charge is -2.49. The van der Waals surface area contributed by atoms with Gasteiger partial charge in [0, 0.05) is 51.5 Å². The molecule has 1 amide bonds. The second-order valence-corrected chi connectivity index (χ2v) is 12.4. The van der Waals surface area contributed by atoms with Gasteiger partial charge >= 0.3 is 6.09 Å². The van der Waals surface area contributed by atoms with Crippen molar-refractivity contribution in [2.24, 2.45) is 5.41 Å². The first-order chi connectivity index (χ1) is 15.6. The molecule has 0 unspecified atom stereocenters. The van der Waals surface area contributed by atoms with E-state index in [0.717, 1.165) is 83.1 Å². The van der Waals surface area contributed by atoms with Crippen LogP contribution in [-0.4, -0.2) is 39.8 Å². The zero-order valence-corrected chi connectivity index (χ0v) is 22.5. The van der Waals surface area contributed by atoms with Gasteiger partial charge in [-0.2, -0.15) is 0 Å². The van der Waals surface area contributed by atoms with Crippen LogP contribution in [0.3, 0.4) is 0 Å². The molecule has 0 bridgehead atoms. The monoisotopic (exact) mass is 577 g/mol. The molecule has 8 heteroatoms. The molecule has 3 heterocycles. The first kappa shape index (κ1) is 23.1. The summed E-state index contributed by atoms with van der Waals surface area (Å²) in [6, 6.07) is 0. The Morgan fingerprint density at radius 3 is 2.39 bits per heavy atom. The molecule has 3 fully saturated rings. The van der Waals surface area contributed by atoms with Gasteiger partial charge in [-0.15, -0.1) is 0 Å². The minimum atomic E-state index is -0.451. The van der Waals surface area contributed by atoms with Gasteiger partial charge in [0.05, 0.1) is 0 Å². The first-order valence-electron chi connectivity index (χ1n) is 11.6. The smallest absolute Gasteiger partial charge is 0.410 e. The molecule has 0 aromatic carbocycles. The number of nitrogens with zero attached hydrogens (tertiary/aromatic N) is 3. The predicted octanol–water partition coefficient (Wildman–Crippen LogP) is 7.33. The molecule has 3 aliphatic rings. The average molecular weight is 579 g/mol. The Bertz CT molecular complexity index is 1080. The molecule has 6 nitrogen and oxygen atoms in total. The summed E-state index contributed by atoms with van der Waals surface area (Å²) < 4.78 is 13.2. The quantitative estimate of drug-likeness (QED) is 0.381. The topological polar surface area (TPSA) is 68.5 Å². The molecule has 1 saturated heterocycles. The van der Waals surface area contributed by atoms with E-state index in [4.69, 9.17) is 9.26 Å². The number of ether oxygens (including phenoxy) is 1. The fourth-order valence-corrected chi connectivity index (χ4v) is 6.27. The number of hydrogen-bond donors (Lipinski definition) is 0. The first-order valence-corrected chi connectivity index (χ1v) is 13.2. The van der Waals surface area contributed by atoms with Crippen LogP contribution < -0.4 is 0 Å². The van der Waals surface area contributed by atoms with Crippen molar-refractivity contribution in [3.05, 3.63) is 38.2 Å². The lowest BCUT2D eigenvalue weighted by Crippen LogP contribution is -2.47. The van der Waals surface area contributed by atoms with Crippen LogP contribution in [0.1, 0.15) is 76.5 Å². The van der Waals surface area contributed by atoms with Gasteiger partial charge < -0.3 is 14.2 Å². The lowest BCUT2D eigenvalue weighted by atomic mass is 9.60. The highest BCUT2D eigenvalue weighted by Gasteiger charge is 2.44. The van der Waals surface area contributed by atoms with E-state index in [1.807, 2.05) is 25.7 Å². The highest BCUT2D eigenvalue weighted by atomic mass is 79.9. The standard InChI is InChI=1S/C25H29Br2N3O3/c1-24(2,3)32-23(31)30-8-6-25(7-9-30)11-15(12-25)10-17-21(29-33-22(17)16-4-5-16)20-18(26)13-28-14-19(20)27/h10,13-14,16H,4-9,11-12H2,1-3H3. The van der Waals surface area contributed by atoms with Gasteiger partial charge in [0.25, 0.3) is 0 Å². The Hall–Kier alpha value is -1.67. The molecular formula is C25H29Br2N3O3. The Labute approximate surface area is 211 Å². The fraction of sp³-hybridized carbons (Fsp3) is 0.560. The van der Waals surface area contributed by atoms with Crippen molar-refractivity contribution in [3.8, 4) is 11.3 Å². The van der Waals surface area contributed by atoms with Crippen LogP contribution in [0.4, 0.5) is 4.79 Å². The number of amides is 1. The van der Waals surface area contributed by atoms with Gasteiger partial charge in [-0.25, -0.2) is 4.79 Å². The third-order valence-electron chi connectivity index (χ3n) is 6.82. The number of allylic oxidation sites excluding steroid dienone is 1. The van der Waals surface area contributed by atoms with Crippen LogP contribution in [0.5, 0.6) is 0 Å². The number of halogens is 2. The van der Waals surface area contributed by atoms with Crippen molar-refractivity contribution in [3.63, 3.8) is 0 Å². The largest absolute Gasteiger partial charge is 0.444 e. The summed E-state index contributed by atoms with van der Waals surface area (Å²) in [6.07, 6.45) is 12.2. The maximum atomic E-state index is 12.4. The van der Waals surface area contributed by atoms with Crippen LogP contribution in [0.2, 0.25) is 0 Å². The van der Waals surface area contributed by atoms with Crippen molar-refractivity contribution >= 4 is 44.0 Å². The average Bonchev–Trinajstić information content (AvgIpc) is 3.48. The summed E-state index contributed by atoms with van der Waals surface area (Å²) in [4.78, 5) is 18.5. The molecule has 2 aliphatic carbocycles. The Morgan fingerprint density at radius 1 is 1.18 bits per heavy atom. The molecule has 0 radical (unpaired) electrons. The summed E-state index contributed by atoms with van der Waals surface area (Å²) in [5.41, 5.74) is 4.25. The van der Waals surface area contributed by atoms with Crippen molar-refractivity contribution in [1.29, 1.82) is 0 Å². The van der Waals surface area contributed by atoms with Crippen LogP contribution in [0.25, 0.3) is 17.3 Å². The van der Waals surface area contributed by atoms with E-state index in [-0.39, 0.29) is 6.09 Å². The van der Waals surface area contributed by atoms with Gasteiger partial charge in [-0.3, -0.25) is 4.98 Å². The highest BCUT2D eigenvalue weighted by molar-refractivity contribution is 9.11. The van der Waals surface area contributed by atoms with Crippen molar-refractivity contribution < 1.29 is 14.1 Å². The maximum absolute atomic E-state index is 12.4. The fourth-order valence-electron chi connectivity index (χ4n) is 4.97. The van der Waals surface area contributed by atoms with Gasteiger partial charge in [-0.05, 0) is 103 Å². The number of carbonyl (C=O) groups is 1. The van der Waals surface area contributed by atoms with Crippen LogP contribution >= 0.6 is 31.9 Å². The second-order valence-electron chi connectivity index (χ2n) is 10.7. The van der Waals surface area contributed by atoms with Crippen LogP contribution in [0.15, 0.2) is 31.4 Å². The molecule has 1 spiro atoms. The number of piperidine rings is 1. The van der Waals surface area contributed by atoms with Gasteiger partial charge in [0.1, 0.15) is 17.1 Å². The third kappa shape index (κ3) is 4.78. The third-order valence-corrected chi connectivity index (χ3v) is 8.03. The molecule has 0 N–H and O–H groups in total. The molecule has 1 aliphatic heterocycles. The molecule has 2 saturated carbocycles. The zero-order valence-electron chi connectivity index (χ0n) is 19.3. The van der Waals surface area contributed by atoms with Crippen LogP contribution in [0, 0.1) is 5.41 Å². The number of hydrogen-bond acceptors (Lipinski definition) is 5. The van der Waals surface area contributed by atoms with Crippen molar-refractivity contribution in [2.75, 3.05) is 13.1 Å². The summed E-state index contributed by atoms with van der Waals surface area (Å²) in [6.45, 7) is 7.28. The van der Waals surface area contributed by atoms with E-state index >= 15 is 0 Å². The van der Waals surface area contributed by atoms with Crippen molar-refractivity contribution in [1.82, 2.24) is 15.0 Å². The van der Waals surface area contributed by atoms with E-state index in [2.05, 4.69) is 48.1 Å². The predicted molar refractivity (Wildman–Crippen MR) is 134 cm³/mol. The van der Waals surface area contributed by atoms with Gasteiger partial charge in [0.15, 0.2) is 0 Å². The summed E-state index contributed by atoms with van der Waals surface area (Å²) in [5, 5.41) is 4.48. The SMILES string of the molecule is CC(C)(C)OC(=O)N1CCC2(CC1)CC(=Cc1c(-c3c(Br)cncc3Br)noc1C1CC1)C2. The number of rotatable bonds is 3. The summed E-state index contributed by atoms with van der Waals surface area (Å²) >= 11 is 7.27. The normalized spacial score (nSPS) is 20.0. The molecule has 2 aromatic heterocycles. The Morgan fingerprint density at radius 2 is 1.82 bits per heavy atom. The number of pyridine rings is 1. The van der Waals surface area contributed by atoms with E-state index in [1.54, 1.807) is 12.4 Å². The maximum Gasteiger partial charge on any atom is 0.410 e. The molecule has 5 rings (SSSR count). The molecule has 0 atom stereocenters. The molecular weight excluding hydrogens is 550 g/mol. The molecule has 33 heavy (non-hydrogen) atoms. The molecule has 176 valence electrons. The summed E-state index contributed by atoms with van der Waals surface area (Å²) in [7, 11) is 0. The molecule has 2 aromatic rings. The Kier molecular flexibility index (Phi) is 5.96. The second kappa shape index (κ2) is 8.52. The van der Waals surface area contributed by atoms with Crippen LogP contribution in [-0.2, 0) is 4.74 Å². The van der Waals surface area contributed by atoms with E-state index < -0.39 is 5.60 Å². The number of aromatic nitrogens is 2. The van der Waals surface area contributed by atoms with E-state index in [0.29, 0.717) is 11.3 Å². The number of likely N-dealkylation sites (tertiary alicyclic amines) is 1. The van der Waals surface area contributed by atoms with Gasteiger partial charge in [0.2, 0.25) is 0 Å². The van der Waals surface area contributed by atoms with Crippen molar-refractivity contribution in [2.45, 2.75) is 70.8 Å².